The van der Waals surface area contributed by atoms with Crippen molar-refractivity contribution in [3.63, 3.8) is 0 Å². The second-order valence-electron chi connectivity index (χ2n) is 4.12. The average molecular weight is 285 g/mol. The van der Waals surface area contributed by atoms with Gasteiger partial charge >= 0.3 is 5.97 Å². The fraction of sp³-hybridized carbons (Fsp3) is 0.250. The van der Waals surface area contributed by atoms with Crippen LogP contribution >= 0.6 is 0 Å². The van der Waals surface area contributed by atoms with Gasteiger partial charge < -0.3 is 10.2 Å². The summed E-state index contributed by atoms with van der Waals surface area (Å²) in [4.78, 5) is 10.6. The number of carboxylic acid groups (broad SMARTS) is 1. The zero-order valence-electron chi connectivity index (χ0n) is 10.5. The highest BCUT2D eigenvalue weighted by atomic mass is 32.2. The molecule has 6 nitrogen and oxygen atoms in total. The molecule has 19 heavy (non-hydrogen) atoms. The zero-order valence-corrected chi connectivity index (χ0v) is 11.4. The van der Waals surface area contributed by atoms with E-state index in [1.165, 1.54) is 0 Å². The Hall–Kier alpha value is -1.86. The van der Waals surface area contributed by atoms with Crippen molar-refractivity contribution in [2.45, 2.75) is 18.7 Å². The molecule has 0 spiro atoms. The van der Waals surface area contributed by atoms with Crippen LogP contribution in [0.15, 0.2) is 34.7 Å². The molecule has 0 unspecified atom stereocenters. The minimum atomic E-state index is -3.80. The Labute approximate surface area is 111 Å². The highest BCUT2D eigenvalue weighted by Crippen LogP contribution is 2.21. The molecule has 0 saturated heterocycles. The first kappa shape index (κ1) is 15.2. The Bertz CT molecular complexity index is 615. The fourth-order valence-electron chi connectivity index (χ4n) is 1.29. The summed E-state index contributed by atoms with van der Waals surface area (Å²) in [6.45, 7) is 3.78. The van der Waals surface area contributed by atoms with Crippen LogP contribution in [0.4, 0.5) is 0 Å². The van der Waals surface area contributed by atoms with Crippen LogP contribution in [-0.2, 0) is 10.0 Å². The summed E-state index contributed by atoms with van der Waals surface area (Å²) in [5, 5.41) is 18.1. The van der Waals surface area contributed by atoms with Crippen molar-refractivity contribution in [1.29, 1.82) is 0 Å². The number of carboxylic acids is 1. The topological polar surface area (TPSA) is 104 Å². The van der Waals surface area contributed by atoms with E-state index in [9.17, 15) is 18.3 Å². The molecular weight excluding hydrogens is 270 g/mol. The number of sulfonamides is 1. The van der Waals surface area contributed by atoms with Gasteiger partial charge in [0.05, 0.1) is 4.90 Å². The molecule has 3 N–H and O–H groups in total. The molecule has 1 rings (SSSR count). The van der Waals surface area contributed by atoms with Crippen LogP contribution in [0.25, 0.3) is 0 Å². The molecule has 0 aliphatic rings. The average Bonchev–Trinajstić information content (AvgIpc) is 2.27. The first-order valence-electron chi connectivity index (χ1n) is 5.43. The lowest BCUT2D eigenvalue weighted by molar-refractivity contribution is 0.0693. The second kappa shape index (κ2) is 5.85. The predicted molar refractivity (Wildman–Crippen MR) is 69.7 cm³/mol. The molecule has 0 bridgehead atoms. The van der Waals surface area contributed by atoms with Crippen molar-refractivity contribution in [1.82, 2.24) is 4.72 Å². The smallest absolute Gasteiger partial charge is 0.339 e. The Morgan fingerprint density at radius 1 is 1.37 bits per heavy atom. The summed E-state index contributed by atoms with van der Waals surface area (Å²) >= 11 is 0. The van der Waals surface area contributed by atoms with Crippen LogP contribution in [0.5, 0.6) is 5.75 Å². The largest absolute Gasteiger partial charge is 0.507 e. The van der Waals surface area contributed by atoms with Crippen molar-refractivity contribution in [3.8, 4) is 5.75 Å². The van der Waals surface area contributed by atoms with Crippen molar-refractivity contribution in [3.05, 3.63) is 35.4 Å². The number of aromatic carboxylic acids is 1. The summed E-state index contributed by atoms with van der Waals surface area (Å²) in [6.07, 6.45) is 1.69. The summed E-state index contributed by atoms with van der Waals surface area (Å²) in [5.41, 5.74) is 0.504. The number of carbonyl (C=O) groups is 1. The van der Waals surface area contributed by atoms with Crippen LogP contribution in [0.3, 0.4) is 0 Å². The maximum atomic E-state index is 11.9. The number of allylic oxidation sites excluding steroid dienone is 1. The van der Waals surface area contributed by atoms with Gasteiger partial charge in [-0.15, -0.1) is 0 Å². The standard InChI is InChI=1S/C12H15NO5S/c1-8(2)5-6-13-19(17,18)9-3-4-11(14)10(7-9)12(15)16/h3-5,7,13-14H,6H2,1-2H3,(H,15,16). The molecule has 0 heterocycles. The molecule has 0 aliphatic carbocycles. The summed E-state index contributed by atoms with van der Waals surface area (Å²) < 4.78 is 26.1. The van der Waals surface area contributed by atoms with Gasteiger partial charge in [0.15, 0.2) is 0 Å². The summed E-state index contributed by atoms with van der Waals surface area (Å²) in [7, 11) is -3.80. The van der Waals surface area contributed by atoms with Crippen molar-refractivity contribution < 1.29 is 23.4 Å². The third-order valence-corrected chi connectivity index (χ3v) is 3.71. The maximum Gasteiger partial charge on any atom is 0.339 e. The van der Waals surface area contributed by atoms with Crippen LogP contribution in [-0.4, -0.2) is 31.1 Å². The second-order valence-corrected chi connectivity index (χ2v) is 5.88. The molecule has 0 aliphatic heterocycles. The molecule has 0 saturated carbocycles. The van der Waals surface area contributed by atoms with E-state index >= 15 is 0 Å². The Morgan fingerprint density at radius 3 is 2.53 bits per heavy atom. The SMILES string of the molecule is CC(C)=CCNS(=O)(=O)c1ccc(O)c(C(=O)O)c1. The number of hydrogen-bond donors (Lipinski definition) is 3. The first-order chi connectivity index (χ1) is 8.74. The minimum absolute atomic E-state index is 0.119. The quantitative estimate of drug-likeness (QED) is 0.708. The van der Waals surface area contributed by atoms with E-state index < -0.39 is 27.3 Å². The molecule has 104 valence electrons. The van der Waals surface area contributed by atoms with Crippen molar-refractivity contribution in [2.24, 2.45) is 0 Å². The van der Waals surface area contributed by atoms with E-state index in [1.807, 2.05) is 13.8 Å². The molecule has 7 heteroatoms. The van der Waals surface area contributed by atoms with Gasteiger partial charge in [0.2, 0.25) is 10.0 Å². The molecule has 1 aromatic rings. The minimum Gasteiger partial charge on any atom is -0.507 e. The lowest BCUT2D eigenvalue weighted by atomic mass is 10.2. The third kappa shape index (κ3) is 4.08. The number of benzene rings is 1. The number of phenols is 1. The van der Waals surface area contributed by atoms with Gasteiger partial charge in [-0.2, -0.15) is 0 Å². The van der Waals surface area contributed by atoms with Gasteiger partial charge in [0.25, 0.3) is 0 Å². The van der Waals surface area contributed by atoms with Crippen LogP contribution in [0.2, 0.25) is 0 Å². The zero-order chi connectivity index (χ0) is 14.6. The monoisotopic (exact) mass is 285 g/mol. The maximum absolute atomic E-state index is 11.9. The first-order valence-corrected chi connectivity index (χ1v) is 6.91. The van der Waals surface area contributed by atoms with Crippen LogP contribution < -0.4 is 4.72 Å². The van der Waals surface area contributed by atoms with Gasteiger partial charge in [0, 0.05) is 6.54 Å². The Morgan fingerprint density at radius 2 is 2.00 bits per heavy atom. The van der Waals surface area contributed by atoms with E-state index in [4.69, 9.17) is 5.11 Å². The van der Waals surface area contributed by atoms with E-state index in [0.29, 0.717) is 0 Å². The molecule has 0 fully saturated rings. The van der Waals surface area contributed by atoms with Gasteiger partial charge in [-0.1, -0.05) is 11.6 Å². The lowest BCUT2D eigenvalue weighted by Crippen LogP contribution is -2.24. The molecule has 0 amide bonds. The van der Waals surface area contributed by atoms with Crippen molar-refractivity contribution in [2.75, 3.05) is 6.54 Å². The predicted octanol–water partition coefficient (Wildman–Crippen LogP) is 1.33. The van der Waals surface area contributed by atoms with Crippen LogP contribution in [0.1, 0.15) is 24.2 Å². The van der Waals surface area contributed by atoms with E-state index in [-0.39, 0.29) is 11.4 Å². The molecular formula is C12H15NO5S. The molecule has 0 atom stereocenters. The molecule has 0 radical (unpaired) electrons. The van der Waals surface area contributed by atoms with Crippen LogP contribution in [0, 0.1) is 0 Å². The number of hydrogen-bond acceptors (Lipinski definition) is 4. The highest BCUT2D eigenvalue weighted by molar-refractivity contribution is 7.89. The Kier molecular flexibility index (Phi) is 4.68. The van der Waals surface area contributed by atoms with Gasteiger partial charge in [-0.3, -0.25) is 0 Å². The summed E-state index contributed by atoms with van der Waals surface area (Å²) in [6, 6.07) is 3.11. The number of rotatable bonds is 5. The van der Waals surface area contributed by atoms with Gasteiger partial charge in [-0.05, 0) is 32.0 Å². The normalized spacial score (nSPS) is 11.1. The highest BCUT2D eigenvalue weighted by Gasteiger charge is 2.18. The van der Waals surface area contributed by atoms with Gasteiger partial charge in [-0.25, -0.2) is 17.9 Å². The summed E-state index contributed by atoms with van der Waals surface area (Å²) in [5.74, 6) is -1.87. The third-order valence-electron chi connectivity index (χ3n) is 2.29. The van der Waals surface area contributed by atoms with Gasteiger partial charge in [0.1, 0.15) is 11.3 Å². The lowest BCUT2D eigenvalue weighted by Gasteiger charge is -2.07. The number of aromatic hydroxyl groups is 1. The Balaban J connectivity index is 3.05. The molecule has 1 aromatic carbocycles. The molecule has 0 aromatic heterocycles. The van der Waals surface area contributed by atoms with E-state index in [0.717, 1.165) is 23.8 Å². The van der Waals surface area contributed by atoms with E-state index in [2.05, 4.69) is 4.72 Å². The van der Waals surface area contributed by atoms with Crippen molar-refractivity contribution >= 4 is 16.0 Å². The fourth-order valence-corrected chi connectivity index (χ4v) is 2.28. The number of nitrogens with one attached hydrogen (secondary N) is 1. The van der Waals surface area contributed by atoms with E-state index in [1.54, 1.807) is 6.08 Å².